The van der Waals surface area contributed by atoms with E-state index >= 15 is 0 Å². The van der Waals surface area contributed by atoms with Gasteiger partial charge < -0.3 is 14.5 Å². The SMILES string of the molecule is CC(=O)N1C2CCC(C3CCC4C(CCN4S(C)(=O)=O)C3)CC2N(C(=O)OC2CCCCN2)C[C@@H]1C. The van der Waals surface area contributed by atoms with E-state index in [0.717, 1.165) is 70.8 Å². The third-order valence-electron chi connectivity index (χ3n) is 9.79. The zero-order chi connectivity index (χ0) is 25.6. The molecule has 9 nitrogen and oxygen atoms in total. The third-order valence-corrected chi connectivity index (χ3v) is 11.1. The Balaban J connectivity index is 1.29. The normalized spacial score (nSPS) is 39.9. The van der Waals surface area contributed by atoms with E-state index in [1.165, 1.54) is 6.26 Å². The van der Waals surface area contributed by atoms with Gasteiger partial charge in [-0.15, -0.1) is 0 Å². The number of carbonyl (C=O) groups excluding carboxylic acids is 2. The van der Waals surface area contributed by atoms with Crippen LogP contribution in [0.2, 0.25) is 0 Å². The maximum atomic E-state index is 13.4. The van der Waals surface area contributed by atoms with E-state index in [-0.39, 0.29) is 42.4 Å². The molecule has 5 rings (SSSR count). The number of hydrogen-bond donors (Lipinski definition) is 1. The highest BCUT2D eigenvalue weighted by atomic mass is 32.2. The fourth-order valence-corrected chi connectivity index (χ4v) is 9.43. The lowest BCUT2D eigenvalue weighted by molar-refractivity contribution is -0.143. The van der Waals surface area contributed by atoms with Crippen LogP contribution < -0.4 is 5.32 Å². The summed E-state index contributed by atoms with van der Waals surface area (Å²) >= 11 is 0. The zero-order valence-electron chi connectivity index (χ0n) is 22.1. The number of fused-ring (bicyclic) bond motifs is 2. The Hall–Kier alpha value is -1.39. The van der Waals surface area contributed by atoms with Gasteiger partial charge in [-0.25, -0.2) is 13.2 Å². The quantitative estimate of drug-likeness (QED) is 0.610. The minimum Gasteiger partial charge on any atom is -0.430 e. The molecule has 0 aromatic carbocycles. The average Bonchev–Trinajstić information content (AvgIpc) is 3.27. The molecule has 10 heteroatoms. The number of ether oxygens (including phenoxy) is 1. The van der Waals surface area contributed by atoms with Crippen molar-refractivity contribution in [1.29, 1.82) is 0 Å². The fourth-order valence-electron chi connectivity index (χ4n) is 8.22. The van der Waals surface area contributed by atoms with Gasteiger partial charge in [-0.3, -0.25) is 10.1 Å². The van der Waals surface area contributed by atoms with Gasteiger partial charge in [0.05, 0.1) is 18.3 Å². The van der Waals surface area contributed by atoms with Crippen molar-refractivity contribution in [1.82, 2.24) is 19.4 Å². The second kappa shape index (κ2) is 10.4. The molecule has 2 saturated carbocycles. The van der Waals surface area contributed by atoms with E-state index in [0.29, 0.717) is 30.8 Å². The lowest BCUT2D eigenvalue weighted by atomic mass is 9.66. The minimum absolute atomic E-state index is 0.0197. The van der Waals surface area contributed by atoms with Crippen molar-refractivity contribution in [2.24, 2.45) is 17.8 Å². The lowest BCUT2D eigenvalue weighted by Crippen LogP contribution is -2.67. The Morgan fingerprint density at radius 3 is 2.28 bits per heavy atom. The molecule has 5 fully saturated rings. The number of carbonyl (C=O) groups is 2. The minimum atomic E-state index is -3.15. The molecule has 3 heterocycles. The van der Waals surface area contributed by atoms with E-state index in [9.17, 15) is 18.0 Å². The molecule has 0 aromatic rings. The molecule has 3 aliphatic heterocycles. The van der Waals surface area contributed by atoms with E-state index < -0.39 is 10.0 Å². The molecule has 0 spiro atoms. The van der Waals surface area contributed by atoms with Gasteiger partial charge in [-0.2, -0.15) is 4.31 Å². The van der Waals surface area contributed by atoms with Crippen LogP contribution in [-0.2, 0) is 19.6 Å². The second-order valence-electron chi connectivity index (χ2n) is 12.0. The van der Waals surface area contributed by atoms with Gasteiger partial charge in [0.25, 0.3) is 0 Å². The summed E-state index contributed by atoms with van der Waals surface area (Å²) in [5.74, 6) is 1.57. The number of hydrogen-bond acceptors (Lipinski definition) is 6. The molecule has 2 amide bonds. The molecular formula is C26H44N4O5S. The largest absolute Gasteiger partial charge is 0.430 e. The van der Waals surface area contributed by atoms with Gasteiger partial charge >= 0.3 is 6.09 Å². The van der Waals surface area contributed by atoms with E-state index in [4.69, 9.17) is 4.74 Å². The van der Waals surface area contributed by atoms with Crippen molar-refractivity contribution in [3.63, 3.8) is 0 Å². The van der Waals surface area contributed by atoms with Gasteiger partial charge in [0.15, 0.2) is 6.23 Å². The number of sulfonamides is 1. The molecule has 5 aliphatic rings. The molecule has 8 atom stereocenters. The van der Waals surface area contributed by atoms with Crippen molar-refractivity contribution < 1.29 is 22.7 Å². The Morgan fingerprint density at radius 2 is 1.61 bits per heavy atom. The zero-order valence-corrected chi connectivity index (χ0v) is 22.9. The monoisotopic (exact) mass is 524 g/mol. The number of rotatable bonds is 3. The fraction of sp³-hybridized carbons (Fsp3) is 0.923. The number of amides is 2. The van der Waals surface area contributed by atoms with Crippen molar-refractivity contribution in [2.45, 2.75) is 108 Å². The smallest absolute Gasteiger partial charge is 0.411 e. The summed E-state index contributed by atoms with van der Waals surface area (Å²) in [4.78, 5) is 30.0. The molecule has 7 unspecified atom stereocenters. The Bertz CT molecular complexity index is 939. The summed E-state index contributed by atoms with van der Waals surface area (Å²) in [6, 6.07) is 0.153. The molecule has 1 N–H and O–H groups in total. The van der Waals surface area contributed by atoms with Crippen LogP contribution >= 0.6 is 0 Å². The molecule has 36 heavy (non-hydrogen) atoms. The van der Waals surface area contributed by atoms with Crippen molar-refractivity contribution in [2.75, 3.05) is 25.9 Å². The van der Waals surface area contributed by atoms with Crippen LogP contribution in [0.4, 0.5) is 4.79 Å². The van der Waals surface area contributed by atoms with Gasteiger partial charge in [0.2, 0.25) is 15.9 Å². The molecule has 3 saturated heterocycles. The van der Waals surface area contributed by atoms with Crippen LogP contribution in [0.25, 0.3) is 0 Å². The van der Waals surface area contributed by atoms with E-state index in [2.05, 4.69) is 5.32 Å². The molecule has 0 bridgehead atoms. The first-order valence-corrected chi connectivity index (χ1v) is 15.9. The first-order valence-electron chi connectivity index (χ1n) is 14.1. The van der Waals surface area contributed by atoms with E-state index in [1.54, 1.807) is 11.2 Å². The summed E-state index contributed by atoms with van der Waals surface area (Å²) in [5, 5.41) is 3.31. The van der Waals surface area contributed by atoms with Crippen molar-refractivity contribution in [3.8, 4) is 0 Å². The van der Waals surface area contributed by atoms with E-state index in [1.807, 2.05) is 16.7 Å². The molecule has 0 aromatic heterocycles. The van der Waals surface area contributed by atoms with Crippen LogP contribution in [0.3, 0.4) is 0 Å². The number of piperazine rings is 1. The van der Waals surface area contributed by atoms with Crippen LogP contribution in [-0.4, -0.2) is 90.8 Å². The van der Waals surface area contributed by atoms with Crippen LogP contribution in [0.1, 0.15) is 78.1 Å². The first-order chi connectivity index (χ1) is 17.1. The highest BCUT2D eigenvalue weighted by Gasteiger charge is 2.50. The number of piperidine rings is 1. The predicted octanol–water partition coefficient (Wildman–Crippen LogP) is 2.76. The maximum Gasteiger partial charge on any atom is 0.411 e. The second-order valence-corrected chi connectivity index (χ2v) is 14.0. The van der Waals surface area contributed by atoms with Crippen LogP contribution in [0.15, 0.2) is 0 Å². The van der Waals surface area contributed by atoms with Crippen LogP contribution in [0.5, 0.6) is 0 Å². The Labute approximate surface area is 216 Å². The van der Waals surface area contributed by atoms with Crippen molar-refractivity contribution in [3.05, 3.63) is 0 Å². The standard InChI is InChI=1S/C26H44N4O5S/c1-17-16-28(26(32)35-25-6-4-5-12-27-25)24-15-20(8-10-23(24)30(17)18(2)31)19-7-9-22-21(14-19)11-13-29(22)36(3,33)34/h17,19-25,27H,4-16H2,1-3H3/t17-,19?,20?,21?,22?,23?,24?,25?/m0/s1. The predicted molar refractivity (Wildman–Crippen MR) is 137 cm³/mol. The molecule has 0 radical (unpaired) electrons. The first kappa shape index (κ1) is 26.2. The van der Waals surface area contributed by atoms with Crippen LogP contribution in [0, 0.1) is 17.8 Å². The molecular weight excluding hydrogens is 480 g/mol. The lowest BCUT2D eigenvalue weighted by Gasteiger charge is -2.54. The maximum absolute atomic E-state index is 13.4. The average molecular weight is 525 g/mol. The Morgan fingerprint density at radius 1 is 0.889 bits per heavy atom. The number of nitrogens with one attached hydrogen (secondary N) is 1. The summed E-state index contributed by atoms with van der Waals surface area (Å²) in [7, 11) is -3.15. The van der Waals surface area contributed by atoms with Gasteiger partial charge in [0.1, 0.15) is 0 Å². The highest BCUT2D eigenvalue weighted by molar-refractivity contribution is 7.88. The van der Waals surface area contributed by atoms with Crippen molar-refractivity contribution >= 4 is 22.0 Å². The molecule has 204 valence electrons. The summed E-state index contributed by atoms with van der Waals surface area (Å²) < 4.78 is 32.1. The third kappa shape index (κ3) is 5.14. The number of nitrogens with zero attached hydrogens (tertiary/aromatic N) is 3. The topological polar surface area (TPSA) is 99.3 Å². The molecule has 2 aliphatic carbocycles. The summed E-state index contributed by atoms with van der Waals surface area (Å²) in [5.41, 5.74) is 0. The Kier molecular flexibility index (Phi) is 7.58. The van der Waals surface area contributed by atoms with Gasteiger partial charge in [-0.1, -0.05) is 0 Å². The van der Waals surface area contributed by atoms with Gasteiger partial charge in [0, 0.05) is 32.1 Å². The summed E-state index contributed by atoms with van der Waals surface area (Å²) in [6.07, 6.45) is 10.8. The summed E-state index contributed by atoms with van der Waals surface area (Å²) in [6.45, 7) is 5.72. The van der Waals surface area contributed by atoms with Gasteiger partial charge in [-0.05, 0) is 95.4 Å². The highest BCUT2D eigenvalue weighted by Crippen LogP contribution is 2.47.